The van der Waals surface area contributed by atoms with E-state index in [1.54, 1.807) is 6.08 Å². The minimum atomic E-state index is -0.201. The van der Waals surface area contributed by atoms with Crippen LogP contribution in [0.15, 0.2) is 35.9 Å². The van der Waals surface area contributed by atoms with Crippen LogP contribution in [0.5, 0.6) is 0 Å². The zero-order valence-corrected chi connectivity index (χ0v) is 10.7. The molecule has 0 aromatic heterocycles. The van der Waals surface area contributed by atoms with E-state index in [4.69, 9.17) is 4.74 Å². The minimum absolute atomic E-state index is 0.201. The van der Waals surface area contributed by atoms with Crippen molar-refractivity contribution in [3.63, 3.8) is 0 Å². The number of allylic oxidation sites excluding steroid dienone is 1. The number of rotatable bonds is 1. The maximum Gasteiger partial charge on any atom is 0.330 e. The number of methoxy groups -OCH3 is 1. The highest BCUT2D eigenvalue weighted by molar-refractivity contribution is 5.83. The average Bonchev–Trinajstić information content (AvgIpc) is 2.65. The van der Waals surface area contributed by atoms with Crippen molar-refractivity contribution >= 4 is 5.97 Å². The first-order valence-electron chi connectivity index (χ1n) is 6.64. The van der Waals surface area contributed by atoms with Gasteiger partial charge in [-0.1, -0.05) is 29.8 Å². The van der Waals surface area contributed by atoms with Crippen LogP contribution in [0.1, 0.15) is 24.0 Å². The summed E-state index contributed by atoms with van der Waals surface area (Å²) in [6.45, 7) is 0. The summed E-state index contributed by atoms with van der Waals surface area (Å²) in [5.41, 5.74) is 4.24. The van der Waals surface area contributed by atoms with Crippen LogP contribution in [0.25, 0.3) is 0 Å². The summed E-state index contributed by atoms with van der Waals surface area (Å²) in [7, 11) is 1.45. The Bertz CT molecular complexity index is 467. The zero-order chi connectivity index (χ0) is 12.5. The molecule has 1 aromatic carbocycles. The maximum atomic E-state index is 11.5. The third-order valence-electron chi connectivity index (χ3n) is 4.34. The number of esters is 1. The van der Waals surface area contributed by atoms with E-state index in [1.165, 1.54) is 36.7 Å². The van der Waals surface area contributed by atoms with E-state index >= 15 is 0 Å². The van der Waals surface area contributed by atoms with Crippen LogP contribution in [-0.2, 0) is 22.4 Å². The average molecular weight is 242 g/mol. The topological polar surface area (TPSA) is 26.3 Å². The van der Waals surface area contributed by atoms with Gasteiger partial charge in [0, 0.05) is 6.08 Å². The van der Waals surface area contributed by atoms with Gasteiger partial charge < -0.3 is 4.74 Å². The molecule has 2 atom stereocenters. The van der Waals surface area contributed by atoms with Gasteiger partial charge >= 0.3 is 5.97 Å². The van der Waals surface area contributed by atoms with Gasteiger partial charge in [0.25, 0.3) is 0 Å². The lowest BCUT2D eigenvalue weighted by Gasteiger charge is -2.11. The van der Waals surface area contributed by atoms with Crippen molar-refractivity contribution in [2.24, 2.45) is 11.8 Å². The molecule has 0 aliphatic heterocycles. The standard InChI is InChI=1S/C16H18O2/c1-18-16(17)10-15-13-6-7-14(15)9-12-5-3-2-4-11(12)8-13/h2-5,10,13-14H,6-9H2,1H3. The molecule has 1 aromatic rings. The first-order valence-corrected chi connectivity index (χ1v) is 6.64. The fraction of sp³-hybridized carbons (Fsp3) is 0.438. The Morgan fingerprint density at radius 1 is 1.17 bits per heavy atom. The second kappa shape index (κ2) is 4.60. The SMILES string of the molecule is COC(=O)C=C1C2CCC1Cc1ccccc1C2. The van der Waals surface area contributed by atoms with Crippen molar-refractivity contribution in [3.05, 3.63) is 47.0 Å². The van der Waals surface area contributed by atoms with Crippen molar-refractivity contribution in [2.45, 2.75) is 25.7 Å². The van der Waals surface area contributed by atoms with Gasteiger partial charge in [-0.05, 0) is 48.6 Å². The molecule has 2 nitrogen and oxygen atoms in total. The van der Waals surface area contributed by atoms with Crippen LogP contribution < -0.4 is 0 Å². The summed E-state index contributed by atoms with van der Waals surface area (Å²) in [5, 5.41) is 0. The quantitative estimate of drug-likeness (QED) is 0.559. The molecule has 1 saturated carbocycles. The molecule has 2 heteroatoms. The molecular weight excluding hydrogens is 224 g/mol. The smallest absolute Gasteiger partial charge is 0.330 e. The van der Waals surface area contributed by atoms with Crippen molar-refractivity contribution < 1.29 is 9.53 Å². The first kappa shape index (κ1) is 11.5. The summed E-state index contributed by atoms with van der Waals surface area (Å²) in [5.74, 6) is 0.878. The van der Waals surface area contributed by atoms with E-state index in [9.17, 15) is 4.79 Å². The fourth-order valence-corrected chi connectivity index (χ4v) is 3.43. The molecule has 0 amide bonds. The Morgan fingerprint density at radius 2 is 1.72 bits per heavy atom. The summed E-state index contributed by atoms with van der Waals surface area (Å²) in [6, 6.07) is 8.68. The molecule has 18 heavy (non-hydrogen) atoms. The molecule has 2 aliphatic rings. The van der Waals surface area contributed by atoms with Gasteiger partial charge in [0.15, 0.2) is 0 Å². The third kappa shape index (κ3) is 1.96. The molecule has 0 saturated heterocycles. The number of hydrogen-bond acceptors (Lipinski definition) is 2. The van der Waals surface area contributed by atoms with Gasteiger partial charge in [-0.15, -0.1) is 0 Å². The molecule has 94 valence electrons. The highest BCUT2D eigenvalue weighted by Crippen LogP contribution is 2.43. The lowest BCUT2D eigenvalue weighted by Crippen LogP contribution is -2.07. The molecule has 0 radical (unpaired) electrons. The lowest BCUT2D eigenvalue weighted by molar-refractivity contribution is -0.134. The van der Waals surface area contributed by atoms with Gasteiger partial charge in [0.05, 0.1) is 7.11 Å². The largest absolute Gasteiger partial charge is 0.466 e. The number of carbonyl (C=O) groups excluding carboxylic acids is 1. The maximum absolute atomic E-state index is 11.5. The summed E-state index contributed by atoms with van der Waals surface area (Å²) in [6.07, 6.45) is 6.32. The van der Waals surface area contributed by atoms with E-state index in [0.717, 1.165) is 12.8 Å². The van der Waals surface area contributed by atoms with E-state index in [-0.39, 0.29) is 5.97 Å². The molecule has 3 rings (SSSR count). The molecule has 0 heterocycles. The highest BCUT2D eigenvalue weighted by atomic mass is 16.5. The molecule has 0 spiro atoms. The Morgan fingerprint density at radius 3 is 2.22 bits per heavy atom. The number of fused-ring (bicyclic) bond motifs is 3. The predicted molar refractivity (Wildman–Crippen MR) is 70.2 cm³/mol. The normalized spacial score (nSPS) is 25.3. The third-order valence-corrected chi connectivity index (χ3v) is 4.34. The Hall–Kier alpha value is -1.57. The summed E-state index contributed by atoms with van der Waals surface area (Å²) >= 11 is 0. The Labute approximate surface area is 108 Å². The first-order chi connectivity index (χ1) is 8.78. The Balaban J connectivity index is 1.95. The number of hydrogen-bond donors (Lipinski definition) is 0. The van der Waals surface area contributed by atoms with Gasteiger partial charge in [-0.2, -0.15) is 0 Å². The summed E-state index contributed by atoms with van der Waals surface area (Å²) < 4.78 is 4.78. The van der Waals surface area contributed by atoms with Crippen molar-refractivity contribution in [3.8, 4) is 0 Å². The molecule has 1 fully saturated rings. The zero-order valence-electron chi connectivity index (χ0n) is 10.7. The van der Waals surface area contributed by atoms with Gasteiger partial charge in [0.1, 0.15) is 0 Å². The minimum Gasteiger partial charge on any atom is -0.466 e. The lowest BCUT2D eigenvalue weighted by atomic mass is 9.94. The molecule has 2 unspecified atom stereocenters. The van der Waals surface area contributed by atoms with Crippen LogP contribution in [0, 0.1) is 11.8 Å². The molecule has 2 aliphatic carbocycles. The fourth-order valence-electron chi connectivity index (χ4n) is 3.43. The second-order valence-corrected chi connectivity index (χ2v) is 5.32. The van der Waals surface area contributed by atoms with Crippen LogP contribution in [0.3, 0.4) is 0 Å². The van der Waals surface area contributed by atoms with E-state index in [0.29, 0.717) is 11.8 Å². The van der Waals surface area contributed by atoms with Crippen molar-refractivity contribution in [2.75, 3.05) is 7.11 Å². The Kier molecular flexibility index (Phi) is 2.94. The van der Waals surface area contributed by atoms with Crippen LogP contribution in [0.4, 0.5) is 0 Å². The van der Waals surface area contributed by atoms with E-state index in [1.807, 2.05) is 0 Å². The van der Waals surface area contributed by atoms with E-state index in [2.05, 4.69) is 24.3 Å². The van der Waals surface area contributed by atoms with E-state index < -0.39 is 0 Å². The van der Waals surface area contributed by atoms with Crippen LogP contribution in [0.2, 0.25) is 0 Å². The molecule has 2 bridgehead atoms. The number of ether oxygens (including phenoxy) is 1. The summed E-state index contributed by atoms with van der Waals surface area (Å²) in [4.78, 5) is 11.5. The number of carbonyl (C=O) groups is 1. The number of benzene rings is 1. The van der Waals surface area contributed by atoms with Gasteiger partial charge in [-0.3, -0.25) is 0 Å². The molecular formula is C16H18O2. The molecule has 0 N–H and O–H groups in total. The van der Waals surface area contributed by atoms with Crippen LogP contribution in [-0.4, -0.2) is 13.1 Å². The van der Waals surface area contributed by atoms with Gasteiger partial charge in [-0.25, -0.2) is 4.79 Å². The van der Waals surface area contributed by atoms with Gasteiger partial charge in [0.2, 0.25) is 0 Å². The second-order valence-electron chi connectivity index (χ2n) is 5.32. The van der Waals surface area contributed by atoms with Crippen molar-refractivity contribution in [1.82, 2.24) is 0 Å². The highest BCUT2D eigenvalue weighted by Gasteiger charge is 2.34. The monoisotopic (exact) mass is 242 g/mol. The predicted octanol–water partition coefficient (Wildman–Crippen LogP) is 2.91. The van der Waals surface area contributed by atoms with Crippen LogP contribution >= 0.6 is 0 Å². The van der Waals surface area contributed by atoms with Crippen molar-refractivity contribution in [1.29, 1.82) is 0 Å².